The van der Waals surface area contributed by atoms with Gasteiger partial charge in [0.15, 0.2) is 5.16 Å². The lowest BCUT2D eigenvalue weighted by Gasteiger charge is -2.34. The molecule has 1 fully saturated rings. The van der Waals surface area contributed by atoms with Crippen molar-refractivity contribution < 1.29 is 9.53 Å². The standard InChI is InChI=1S/C23H32N2O3S2/c1-23(2,3)14-10-11-16-17(12-14)30-21-19(20(16)27)24-22(29-13-18(26)28-4)25(21)15-8-6-5-7-9-15/h14-15H,5-13H2,1-4H3. The number of hydrogen-bond donors (Lipinski definition) is 0. The van der Waals surface area contributed by atoms with Gasteiger partial charge >= 0.3 is 5.97 Å². The van der Waals surface area contributed by atoms with Crippen LogP contribution in [0.15, 0.2) is 9.95 Å². The number of carbonyl (C=O) groups excluding carboxylic acids is 1. The molecule has 0 aromatic carbocycles. The van der Waals surface area contributed by atoms with E-state index in [0.717, 1.165) is 47.7 Å². The van der Waals surface area contributed by atoms with Crippen LogP contribution < -0.4 is 5.43 Å². The monoisotopic (exact) mass is 448 g/mol. The molecule has 0 radical (unpaired) electrons. The van der Waals surface area contributed by atoms with Gasteiger partial charge in [-0.15, -0.1) is 11.3 Å². The Morgan fingerprint density at radius 2 is 1.97 bits per heavy atom. The van der Waals surface area contributed by atoms with Crippen molar-refractivity contribution in [3.63, 3.8) is 0 Å². The fourth-order valence-corrected chi connectivity index (χ4v) is 7.20. The van der Waals surface area contributed by atoms with Gasteiger partial charge in [-0.05, 0) is 43.4 Å². The predicted octanol–water partition coefficient (Wildman–Crippen LogP) is 5.38. The summed E-state index contributed by atoms with van der Waals surface area (Å²) >= 11 is 3.18. The van der Waals surface area contributed by atoms with E-state index in [1.165, 1.54) is 43.0 Å². The molecule has 1 atom stereocenters. The van der Waals surface area contributed by atoms with Crippen molar-refractivity contribution in [1.29, 1.82) is 0 Å². The highest BCUT2D eigenvalue weighted by Crippen LogP contribution is 2.41. The largest absolute Gasteiger partial charge is 0.468 e. The number of thioether (sulfide) groups is 1. The van der Waals surface area contributed by atoms with Crippen molar-refractivity contribution in [3.05, 3.63) is 20.7 Å². The van der Waals surface area contributed by atoms with E-state index < -0.39 is 0 Å². The zero-order chi connectivity index (χ0) is 21.5. The summed E-state index contributed by atoms with van der Waals surface area (Å²) in [6.07, 6.45) is 8.80. The van der Waals surface area contributed by atoms with Gasteiger partial charge in [-0.3, -0.25) is 9.59 Å². The van der Waals surface area contributed by atoms with Crippen molar-refractivity contribution in [2.45, 2.75) is 83.3 Å². The molecule has 0 bridgehead atoms. The highest BCUT2D eigenvalue weighted by molar-refractivity contribution is 7.99. The van der Waals surface area contributed by atoms with E-state index in [0.29, 0.717) is 17.5 Å². The molecule has 30 heavy (non-hydrogen) atoms. The summed E-state index contributed by atoms with van der Waals surface area (Å²) in [4.78, 5) is 32.2. The molecular formula is C23H32N2O3S2. The van der Waals surface area contributed by atoms with Gasteiger partial charge in [0.05, 0.1) is 12.9 Å². The fraction of sp³-hybridized carbons (Fsp3) is 0.696. The van der Waals surface area contributed by atoms with E-state index in [2.05, 4.69) is 25.3 Å². The first kappa shape index (κ1) is 21.9. The summed E-state index contributed by atoms with van der Waals surface area (Å²) in [6.45, 7) is 6.91. The highest BCUT2D eigenvalue weighted by Gasteiger charge is 2.32. The second kappa shape index (κ2) is 8.65. The fourth-order valence-electron chi connectivity index (χ4n) is 4.84. The van der Waals surface area contributed by atoms with Gasteiger partial charge in [-0.1, -0.05) is 51.8 Å². The Morgan fingerprint density at radius 1 is 1.23 bits per heavy atom. The Balaban J connectivity index is 1.81. The maximum atomic E-state index is 13.4. The van der Waals surface area contributed by atoms with Crippen LogP contribution in [0.1, 0.15) is 75.8 Å². The Bertz CT molecular complexity index is 997. The number of ether oxygens (including phenoxy) is 1. The molecule has 2 aromatic heterocycles. The first-order valence-corrected chi connectivity index (χ1v) is 12.9. The zero-order valence-corrected chi connectivity index (χ0v) is 20.1. The number of hydrogen-bond acceptors (Lipinski definition) is 6. The number of rotatable bonds is 4. The Hall–Kier alpha value is -1.34. The zero-order valence-electron chi connectivity index (χ0n) is 18.5. The molecule has 2 aliphatic rings. The van der Waals surface area contributed by atoms with Gasteiger partial charge in [-0.2, -0.15) is 0 Å². The highest BCUT2D eigenvalue weighted by atomic mass is 32.2. The molecule has 0 saturated heterocycles. The van der Waals surface area contributed by atoms with Crippen LogP contribution in [0, 0.1) is 11.3 Å². The summed E-state index contributed by atoms with van der Waals surface area (Å²) in [5, 5.41) is 0.797. The molecule has 2 heterocycles. The molecule has 2 aliphatic carbocycles. The van der Waals surface area contributed by atoms with Crippen LogP contribution >= 0.6 is 23.1 Å². The van der Waals surface area contributed by atoms with Crippen LogP contribution in [0.4, 0.5) is 0 Å². The van der Waals surface area contributed by atoms with Gasteiger partial charge < -0.3 is 9.30 Å². The minimum atomic E-state index is -0.263. The van der Waals surface area contributed by atoms with E-state index in [-0.39, 0.29) is 22.6 Å². The first-order valence-electron chi connectivity index (χ1n) is 11.1. The van der Waals surface area contributed by atoms with Crippen molar-refractivity contribution in [3.8, 4) is 0 Å². The van der Waals surface area contributed by atoms with E-state index in [1.807, 2.05) is 0 Å². The number of fused-ring (bicyclic) bond motifs is 2. The molecule has 0 N–H and O–H groups in total. The van der Waals surface area contributed by atoms with E-state index in [1.54, 1.807) is 11.3 Å². The Labute approximate surface area is 186 Å². The predicted molar refractivity (Wildman–Crippen MR) is 124 cm³/mol. The second-order valence-electron chi connectivity index (χ2n) is 9.71. The van der Waals surface area contributed by atoms with E-state index >= 15 is 0 Å². The Morgan fingerprint density at radius 3 is 2.63 bits per heavy atom. The molecule has 164 valence electrons. The van der Waals surface area contributed by atoms with Crippen LogP contribution in [0.5, 0.6) is 0 Å². The number of nitrogens with zero attached hydrogens (tertiary/aromatic N) is 2. The van der Waals surface area contributed by atoms with Gasteiger partial charge in [-0.25, -0.2) is 4.98 Å². The molecule has 4 rings (SSSR count). The SMILES string of the molecule is COC(=O)CSc1nc2c(=O)c3c(sc2n1C1CCCCC1)CC(C(C)(C)C)CC3. The third-order valence-electron chi connectivity index (χ3n) is 6.77. The Kier molecular flexibility index (Phi) is 6.31. The number of esters is 1. The number of aromatic nitrogens is 2. The number of carbonyl (C=O) groups is 1. The van der Waals surface area contributed by atoms with E-state index in [9.17, 15) is 9.59 Å². The summed E-state index contributed by atoms with van der Waals surface area (Å²) in [6, 6.07) is 0.361. The second-order valence-corrected chi connectivity index (χ2v) is 11.7. The summed E-state index contributed by atoms with van der Waals surface area (Å²) < 4.78 is 7.11. The van der Waals surface area contributed by atoms with Gasteiger partial charge in [0, 0.05) is 16.5 Å². The maximum Gasteiger partial charge on any atom is 0.316 e. The molecule has 0 amide bonds. The smallest absolute Gasteiger partial charge is 0.316 e. The summed E-state index contributed by atoms with van der Waals surface area (Å²) in [5.74, 6) is 0.551. The minimum absolute atomic E-state index is 0.112. The van der Waals surface area contributed by atoms with Crippen molar-refractivity contribution in [2.24, 2.45) is 11.3 Å². The lowest BCUT2D eigenvalue weighted by Crippen LogP contribution is -2.29. The van der Waals surface area contributed by atoms with Crippen molar-refractivity contribution in [2.75, 3.05) is 12.9 Å². The van der Waals surface area contributed by atoms with Crippen LogP contribution in [0.2, 0.25) is 0 Å². The third kappa shape index (κ3) is 4.20. The molecule has 1 unspecified atom stereocenters. The topological polar surface area (TPSA) is 61.2 Å². The summed E-state index contributed by atoms with van der Waals surface area (Å²) in [5.41, 5.74) is 1.94. The van der Waals surface area contributed by atoms with E-state index in [4.69, 9.17) is 9.72 Å². The minimum Gasteiger partial charge on any atom is -0.468 e. The molecular weight excluding hydrogens is 416 g/mol. The molecule has 0 spiro atoms. The van der Waals surface area contributed by atoms with Crippen LogP contribution in [-0.4, -0.2) is 28.4 Å². The molecule has 0 aliphatic heterocycles. The third-order valence-corrected chi connectivity index (χ3v) is 8.94. The summed E-state index contributed by atoms with van der Waals surface area (Å²) in [7, 11) is 1.41. The van der Waals surface area contributed by atoms with Crippen molar-refractivity contribution >= 4 is 39.4 Å². The van der Waals surface area contributed by atoms with Gasteiger partial charge in [0.2, 0.25) is 5.43 Å². The lowest BCUT2D eigenvalue weighted by molar-refractivity contribution is -0.137. The molecule has 5 nitrogen and oxygen atoms in total. The molecule has 7 heteroatoms. The average Bonchev–Trinajstić information content (AvgIpc) is 3.10. The average molecular weight is 449 g/mol. The van der Waals surface area contributed by atoms with Gasteiger partial charge in [0.25, 0.3) is 0 Å². The lowest BCUT2D eigenvalue weighted by atomic mass is 9.72. The first-order chi connectivity index (χ1) is 14.3. The molecule has 1 saturated carbocycles. The number of imidazole rings is 1. The number of methoxy groups -OCH3 is 1. The quantitative estimate of drug-likeness (QED) is 0.464. The normalized spacial score (nSPS) is 20.3. The molecule has 2 aromatic rings. The van der Waals surface area contributed by atoms with Crippen LogP contribution in [-0.2, 0) is 22.4 Å². The van der Waals surface area contributed by atoms with Crippen LogP contribution in [0.25, 0.3) is 10.3 Å². The van der Waals surface area contributed by atoms with Crippen LogP contribution in [0.3, 0.4) is 0 Å². The maximum absolute atomic E-state index is 13.4. The van der Waals surface area contributed by atoms with Gasteiger partial charge in [0.1, 0.15) is 10.3 Å². The van der Waals surface area contributed by atoms with Crippen molar-refractivity contribution in [1.82, 2.24) is 9.55 Å².